The van der Waals surface area contributed by atoms with Crippen LogP contribution in [-0.4, -0.2) is 17.1 Å². The fourth-order valence-corrected chi connectivity index (χ4v) is 2.90. The average molecular weight is 357 g/mol. The predicted molar refractivity (Wildman–Crippen MR) is 106 cm³/mol. The second-order valence-corrected chi connectivity index (χ2v) is 5.95. The fraction of sp³-hybridized carbons (Fsp3) is 0.0909. The van der Waals surface area contributed by atoms with Crippen molar-refractivity contribution in [3.05, 3.63) is 84.7 Å². The topological polar surface area (TPSA) is 56.3 Å². The van der Waals surface area contributed by atoms with Gasteiger partial charge in [-0.25, -0.2) is 4.98 Å². The Kier molecular flexibility index (Phi) is 4.83. The molecule has 134 valence electrons. The third-order valence-corrected chi connectivity index (χ3v) is 4.24. The molecule has 4 aromatic rings. The second kappa shape index (κ2) is 7.74. The monoisotopic (exact) mass is 357 g/mol. The van der Waals surface area contributed by atoms with E-state index < -0.39 is 0 Å². The minimum Gasteiger partial charge on any atom is -0.493 e. The van der Waals surface area contributed by atoms with Crippen molar-refractivity contribution in [2.24, 2.45) is 0 Å². The molecule has 0 spiro atoms. The van der Waals surface area contributed by atoms with E-state index in [9.17, 15) is 0 Å². The molecule has 0 saturated heterocycles. The van der Waals surface area contributed by atoms with Gasteiger partial charge in [0, 0.05) is 35.6 Å². The fourth-order valence-electron chi connectivity index (χ4n) is 2.90. The van der Waals surface area contributed by atoms with E-state index in [0.717, 1.165) is 22.2 Å². The van der Waals surface area contributed by atoms with Crippen LogP contribution in [0.5, 0.6) is 17.4 Å². The minimum atomic E-state index is 0.549. The van der Waals surface area contributed by atoms with E-state index in [1.807, 2.05) is 60.7 Å². The van der Waals surface area contributed by atoms with Crippen molar-refractivity contribution < 1.29 is 9.47 Å². The first-order valence-corrected chi connectivity index (χ1v) is 8.67. The summed E-state index contributed by atoms with van der Waals surface area (Å²) in [5, 5.41) is 4.55. The van der Waals surface area contributed by atoms with Crippen LogP contribution in [0.2, 0.25) is 0 Å². The molecule has 2 heterocycles. The van der Waals surface area contributed by atoms with Crippen LogP contribution < -0.4 is 14.8 Å². The molecule has 0 unspecified atom stereocenters. The van der Waals surface area contributed by atoms with Crippen molar-refractivity contribution >= 4 is 16.6 Å². The maximum absolute atomic E-state index is 6.02. The van der Waals surface area contributed by atoms with Crippen LogP contribution in [0.25, 0.3) is 10.9 Å². The first-order chi connectivity index (χ1) is 13.3. The van der Waals surface area contributed by atoms with Crippen molar-refractivity contribution in [2.75, 3.05) is 12.4 Å². The van der Waals surface area contributed by atoms with Crippen LogP contribution in [0, 0.1) is 0 Å². The van der Waals surface area contributed by atoms with Crippen molar-refractivity contribution in [1.29, 1.82) is 0 Å². The summed E-state index contributed by atoms with van der Waals surface area (Å²) < 4.78 is 11.4. The molecule has 0 aliphatic heterocycles. The van der Waals surface area contributed by atoms with Gasteiger partial charge in [0.2, 0.25) is 5.88 Å². The van der Waals surface area contributed by atoms with Crippen molar-refractivity contribution in [3.8, 4) is 17.4 Å². The summed E-state index contributed by atoms with van der Waals surface area (Å²) in [7, 11) is 1.62. The lowest BCUT2D eigenvalue weighted by molar-refractivity contribution is 0.373. The third-order valence-electron chi connectivity index (χ3n) is 4.24. The number of pyridine rings is 2. The van der Waals surface area contributed by atoms with Crippen molar-refractivity contribution in [3.63, 3.8) is 0 Å². The Labute approximate surface area is 157 Å². The largest absolute Gasteiger partial charge is 0.493 e. The summed E-state index contributed by atoms with van der Waals surface area (Å²) in [5.74, 6) is 1.85. The van der Waals surface area contributed by atoms with Gasteiger partial charge in [0.25, 0.3) is 0 Å². The van der Waals surface area contributed by atoms with E-state index in [-0.39, 0.29) is 0 Å². The second-order valence-electron chi connectivity index (χ2n) is 5.95. The van der Waals surface area contributed by atoms with E-state index in [1.165, 1.54) is 0 Å². The van der Waals surface area contributed by atoms with Gasteiger partial charge in [-0.2, -0.15) is 0 Å². The summed E-state index contributed by atoms with van der Waals surface area (Å²) >= 11 is 0. The van der Waals surface area contributed by atoms with Gasteiger partial charge in [0.05, 0.1) is 12.6 Å². The van der Waals surface area contributed by atoms with Gasteiger partial charge < -0.3 is 14.8 Å². The van der Waals surface area contributed by atoms with E-state index in [0.29, 0.717) is 23.9 Å². The first kappa shape index (κ1) is 16.8. The number of benzene rings is 2. The Balaban J connectivity index is 1.58. The Morgan fingerprint density at radius 1 is 0.815 bits per heavy atom. The number of methoxy groups -OCH3 is 1. The number of nitrogens with zero attached hydrogens (tertiary/aromatic N) is 2. The highest BCUT2D eigenvalue weighted by Crippen LogP contribution is 2.32. The standard InChI is InChI=1S/C22H19N3O2/c1-26-20-10-4-5-11-21(20)27-22-16(7-6-13-24-22)15-25-19-12-14-23-18-9-3-2-8-17(18)19/h2-14H,15H2,1H3,(H,23,25). The Morgan fingerprint density at radius 2 is 1.63 bits per heavy atom. The summed E-state index contributed by atoms with van der Waals surface area (Å²) in [6.45, 7) is 0.576. The molecule has 5 heteroatoms. The molecule has 27 heavy (non-hydrogen) atoms. The van der Waals surface area contributed by atoms with Gasteiger partial charge >= 0.3 is 0 Å². The van der Waals surface area contributed by atoms with E-state index in [1.54, 1.807) is 19.5 Å². The average Bonchev–Trinajstić information content (AvgIpc) is 2.73. The molecule has 0 aliphatic carbocycles. The zero-order chi connectivity index (χ0) is 18.5. The van der Waals surface area contributed by atoms with Crippen LogP contribution in [0.1, 0.15) is 5.56 Å². The molecule has 2 aromatic heterocycles. The number of hydrogen-bond acceptors (Lipinski definition) is 5. The Hall–Kier alpha value is -3.60. The highest BCUT2D eigenvalue weighted by molar-refractivity contribution is 5.90. The molecular formula is C22H19N3O2. The molecule has 0 aliphatic rings. The molecule has 0 radical (unpaired) electrons. The lowest BCUT2D eigenvalue weighted by atomic mass is 10.2. The SMILES string of the molecule is COc1ccccc1Oc1ncccc1CNc1ccnc2ccccc12. The maximum Gasteiger partial charge on any atom is 0.224 e. The molecule has 1 N–H and O–H groups in total. The molecule has 5 nitrogen and oxygen atoms in total. The van der Waals surface area contributed by atoms with Gasteiger partial charge in [-0.05, 0) is 30.3 Å². The highest BCUT2D eigenvalue weighted by atomic mass is 16.5. The van der Waals surface area contributed by atoms with Crippen LogP contribution in [0.15, 0.2) is 79.1 Å². The normalized spacial score (nSPS) is 10.6. The van der Waals surface area contributed by atoms with Gasteiger partial charge in [0.1, 0.15) is 0 Å². The lowest BCUT2D eigenvalue weighted by Gasteiger charge is -2.14. The number of aromatic nitrogens is 2. The molecule has 0 saturated carbocycles. The summed E-state index contributed by atoms with van der Waals surface area (Å²) in [5.41, 5.74) is 2.93. The minimum absolute atomic E-state index is 0.549. The predicted octanol–water partition coefficient (Wildman–Crippen LogP) is 5.04. The van der Waals surface area contributed by atoms with E-state index in [2.05, 4.69) is 21.4 Å². The Morgan fingerprint density at radius 3 is 2.52 bits per heavy atom. The summed E-state index contributed by atoms with van der Waals surface area (Å²) in [4.78, 5) is 8.79. The van der Waals surface area contributed by atoms with Gasteiger partial charge in [-0.15, -0.1) is 0 Å². The number of para-hydroxylation sites is 3. The van der Waals surface area contributed by atoms with E-state index >= 15 is 0 Å². The number of fused-ring (bicyclic) bond motifs is 1. The van der Waals surface area contributed by atoms with Crippen molar-refractivity contribution in [1.82, 2.24) is 9.97 Å². The number of hydrogen-bond donors (Lipinski definition) is 1. The number of nitrogens with one attached hydrogen (secondary N) is 1. The summed E-state index contributed by atoms with van der Waals surface area (Å²) in [6.07, 6.45) is 3.52. The van der Waals surface area contributed by atoms with Crippen LogP contribution >= 0.6 is 0 Å². The molecule has 0 fully saturated rings. The van der Waals surface area contributed by atoms with Gasteiger partial charge in [-0.3, -0.25) is 4.98 Å². The lowest BCUT2D eigenvalue weighted by Crippen LogP contribution is -2.03. The van der Waals surface area contributed by atoms with Crippen LogP contribution in [0.4, 0.5) is 5.69 Å². The molecule has 4 rings (SSSR count). The first-order valence-electron chi connectivity index (χ1n) is 8.67. The van der Waals surface area contributed by atoms with E-state index in [4.69, 9.17) is 9.47 Å². The Bertz CT molecular complexity index is 1060. The van der Waals surface area contributed by atoms with Gasteiger partial charge in [0.15, 0.2) is 11.5 Å². The van der Waals surface area contributed by atoms with Crippen LogP contribution in [-0.2, 0) is 6.54 Å². The third kappa shape index (κ3) is 3.67. The molecule has 0 amide bonds. The summed E-state index contributed by atoms with van der Waals surface area (Å²) in [6, 6.07) is 21.4. The molecule has 0 atom stereocenters. The zero-order valence-corrected chi connectivity index (χ0v) is 14.9. The molecule has 0 bridgehead atoms. The highest BCUT2D eigenvalue weighted by Gasteiger charge is 2.10. The smallest absolute Gasteiger partial charge is 0.224 e. The number of anilines is 1. The van der Waals surface area contributed by atoms with Crippen LogP contribution in [0.3, 0.4) is 0 Å². The molecule has 2 aromatic carbocycles. The van der Waals surface area contributed by atoms with Gasteiger partial charge in [-0.1, -0.05) is 36.4 Å². The maximum atomic E-state index is 6.02. The van der Waals surface area contributed by atoms with Crippen molar-refractivity contribution in [2.45, 2.75) is 6.54 Å². The quantitative estimate of drug-likeness (QED) is 0.524. The molecular weight excluding hydrogens is 338 g/mol. The number of ether oxygens (including phenoxy) is 2. The number of rotatable bonds is 6. The zero-order valence-electron chi connectivity index (χ0n) is 14.9.